The molecule has 2 fully saturated rings. The van der Waals surface area contributed by atoms with Crippen LogP contribution in [0.4, 0.5) is 0 Å². The lowest BCUT2D eigenvalue weighted by molar-refractivity contribution is -0.211. The van der Waals surface area contributed by atoms with E-state index in [0.717, 1.165) is 17.7 Å². The zero-order valence-corrected chi connectivity index (χ0v) is 16.2. The van der Waals surface area contributed by atoms with Gasteiger partial charge in [-0.1, -0.05) is 6.07 Å². The van der Waals surface area contributed by atoms with Gasteiger partial charge in [-0.3, -0.25) is 19.3 Å². The number of likely N-dealkylation sites (N-methyl/N-ethyl adjacent to an activating group) is 1. The van der Waals surface area contributed by atoms with E-state index in [4.69, 9.17) is 14.2 Å². The number of esters is 2. The highest BCUT2D eigenvalue weighted by Crippen LogP contribution is 2.65. The molecule has 1 unspecified atom stereocenters. The van der Waals surface area contributed by atoms with Crippen molar-refractivity contribution in [3.05, 3.63) is 23.3 Å². The Bertz CT molecular complexity index is 926. The number of Topliss-reactive ketones (excluding diaryl/α,β-unsaturated/α-hetero) is 1. The molecule has 1 aromatic rings. The highest BCUT2D eigenvalue weighted by Gasteiger charge is 2.75. The van der Waals surface area contributed by atoms with Gasteiger partial charge in [0.15, 0.2) is 23.4 Å². The van der Waals surface area contributed by atoms with E-state index >= 15 is 0 Å². The first-order chi connectivity index (χ1) is 13.3. The van der Waals surface area contributed by atoms with Crippen molar-refractivity contribution in [2.24, 2.45) is 0 Å². The van der Waals surface area contributed by atoms with Crippen LogP contribution in [0, 0.1) is 0 Å². The average molecular weight is 385 g/mol. The van der Waals surface area contributed by atoms with Gasteiger partial charge in [-0.15, -0.1) is 0 Å². The lowest BCUT2D eigenvalue weighted by Gasteiger charge is -2.63. The second kappa shape index (κ2) is 5.56. The Morgan fingerprint density at radius 1 is 1.21 bits per heavy atom. The molecule has 0 N–H and O–H groups in total. The SMILES string of the molecule is CC(=O)Oc1ccc2c3c1OC1C(=O)CC[C@@]4(OC(C)=O)[C@@H](C2)N(C)CC[C@]314. The zero-order chi connectivity index (χ0) is 19.8. The fourth-order valence-corrected chi connectivity index (χ4v) is 6.19. The topological polar surface area (TPSA) is 82.1 Å². The fourth-order valence-electron chi connectivity index (χ4n) is 6.19. The molecule has 4 aliphatic rings. The number of likely N-dealkylation sites (tertiary alicyclic amines) is 1. The number of nitrogens with zero attached hydrogens (tertiary/aromatic N) is 1. The number of ketones is 1. The first-order valence-electron chi connectivity index (χ1n) is 9.74. The standard InChI is InChI=1S/C21H23NO6/c1-11(23)26-15-5-4-13-10-16-21(28-12(2)24)7-6-14(25)19-20(21,8-9-22(16)3)17(13)18(15)27-19/h4-5,16,19H,6-10H2,1-3H3/t16-,19?,20+,21-/m1/s1. The number of rotatable bonds is 2. The number of piperidine rings is 1. The van der Waals surface area contributed by atoms with Crippen LogP contribution in [0.2, 0.25) is 0 Å². The normalized spacial score (nSPS) is 35.0. The van der Waals surface area contributed by atoms with Crippen LogP contribution in [0.3, 0.4) is 0 Å². The average Bonchev–Trinajstić information content (AvgIpc) is 2.97. The summed E-state index contributed by atoms with van der Waals surface area (Å²) in [5.41, 5.74) is 0.416. The summed E-state index contributed by atoms with van der Waals surface area (Å²) in [6.07, 6.45) is 1.40. The van der Waals surface area contributed by atoms with Crippen LogP contribution in [-0.2, 0) is 31.0 Å². The van der Waals surface area contributed by atoms with Crippen molar-refractivity contribution >= 4 is 17.7 Å². The largest absolute Gasteiger partial charge is 0.477 e. The van der Waals surface area contributed by atoms with Gasteiger partial charge in [-0.05, 0) is 44.5 Å². The molecule has 0 radical (unpaired) electrons. The zero-order valence-electron chi connectivity index (χ0n) is 16.2. The number of carbonyl (C=O) groups excluding carboxylic acids is 3. The van der Waals surface area contributed by atoms with E-state index in [1.165, 1.54) is 13.8 Å². The van der Waals surface area contributed by atoms with Gasteiger partial charge in [-0.25, -0.2) is 0 Å². The molecular weight excluding hydrogens is 362 g/mol. The molecule has 28 heavy (non-hydrogen) atoms. The van der Waals surface area contributed by atoms with Gasteiger partial charge < -0.3 is 14.2 Å². The van der Waals surface area contributed by atoms with Crippen molar-refractivity contribution in [3.63, 3.8) is 0 Å². The fraction of sp³-hybridized carbons (Fsp3) is 0.571. The van der Waals surface area contributed by atoms with Crippen molar-refractivity contribution in [1.29, 1.82) is 0 Å². The maximum Gasteiger partial charge on any atom is 0.308 e. The third kappa shape index (κ3) is 1.95. The van der Waals surface area contributed by atoms with Crippen molar-refractivity contribution in [2.75, 3.05) is 13.6 Å². The summed E-state index contributed by atoms with van der Waals surface area (Å²) < 4.78 is 17.7. The highest BCUT2D eigenvalue weighted by atomic mass is 16.6. The van der Waals surface area contributed by atoms with Crippen LogP contribution in [0.25, 0.3) is 0 Å². The third-order valence-electron chi connectivity index (χ3n) is 7.05. The quantitative estimate of drug-likeness (QED) is 0.564. The molecular formula is C21H23NO6. The van der Waals surface area contributed by atoms with Crippen molar-refractivity contribution in [2.45, 2.75) is 62.7 Å². The van der Waals surface area contributed by atoms with Crippen LogP contribution in [0.1, 0.15) is 44.2 Å². The maximum absolute atomic E-state index is 13.0. The summed E-state index contributed by atoms with van der Waals surface area (Å²) in [6, 6.07) is 3.66. The lowest BCUT2D eigenvalue weighted by Crippen LogP contribution is -2.77. The van der Waals surface area contributed by atoms with Gasteiger partial charge in [0.2, 0.25) is 0 Å². The Balaban J connectivity index is 1.81. The lowest BCUT2D eigenvalue weighted by atomic mass is 9.49. The van der Waals surface area contributed by atoms with Gasteiger partial charge in [0.05, 0.1) is 11.5 Å². The van der Waals surface area contributed by atoms with E-state index < -0.39 is 23.1 Å². The van der Waals surface area contributed by atoms with Gasteiger partial charge in [0.25, 0.3) is 0 Å². The molecule has 4 atom stereocenters. The van der Waals surface area contributed by atoms with Gasteiger partial charge in [0, 0.05) is 25.8 Å². The van der Waals surface area contributed by atoms with Crippen LogP contribution in [0.5, 0.6) is 11.5 Å². The first-order valence-corrected chi connectivity index (χ1v) is 9.74. The van der Waals surface area contributed by atoms with E-state index in [9.17, 15) is 14.4 Å². The van der Waals surface area contributed by atoms with E-state index in [2.05, 4.69) is 4.90 Å². The van der Waals surface area contributed by atoms with E-state index in [1.54, 1.807) is 6.07 Å². The number of ether oxygens (including phenoxy) is 3. The Kier molecular flexibility index (Phi) is 3.51. The molecule has 1 spiro atoms. The molecule has 2 aliphatic carbocycles. The molecule has 0 aromatic heterocycles. The minimum absolute atomic E-state index is 0.0175. The predicted octanol–water partition coefficient (Wildman–Crippen LogP) is 1.54. The first kappa shape index (κ1) is 17.7. The molecule has 1 saturated carbocycles. The minimum Gasteiger partial charge on any atom is -0.477 e. The Hall–Kier alpha value is -2.41. The molecule has 2 bridgehead atoms. The summed E-state index contributed by atoms with van der Waals surface area (Å²) >= 11 is 0. The third-order valence-corrected chi connectivity index (χ3v) is 7.05. The second-order valence-corrected chi connectivity index (χ2v) is 8.39. The predicted molar refractivity (Wildman–Crippen MR) is 97.3 cm³/mol. The molecule has 2 aliphatic heterocycles. The van der Waals surface area contributed by atoms with Gasteiger partial charge >= 0.3 is 11.9 Å². The molecule has 0 amide bonds. The van der Waals surface area contributed by atoms with Crippen LogP contribution in [0.15, 0.2) is 12.1 Å². The van der Waals surface area contributed by atoms with Gasteiger partial charge in [0.1, 0.15) is 5.60 Å². The van der Waals surface area contributed by atoms with Crippen LogP contribution >= 0.6 is 0 Å². The number of benzene rings is 1. The Morgan fingerprint density at radius 2 is 2.00 bits per heavy atom. The number of hydrogen-bond acceptors (Lipinski definition) is 7. The Morgan fingerprint density at radius 3 is 2.71 bits per heavy atom. The highest BCUT2D eigenvalue weighted by molar-refractivity contribution is 5.90. The molecule has 7 nitrogen and oxygen atoms in total. The Labute approximate surface area is 162 Å². The van der Waals surface area contributed by atoms with Crippen LogP contribution < -0.4 is 9.47 Å². The molecule has 1 aromatic carbocycles. The molecule has 1 saturated heterocycles. The van der Waals surface area contributed by atoms with E-state index in [1.807, 2.05) is 13.1 Å². The second-order valence-electron chi connectivity index (χ2n) is 8.39. The van der Waals surface area contributed by atoms with E-state index in [0.29, 0.717) is 37.2 Å². The number of hydrogen-bond donors (Lipinski definition) is 0. The van der Waals surface area contributed by atoms with Crippen LogP contribution in [-0.4, -0.2) is 54.0 Å². The summed E-state index contributed by atoms with van der Waals surface area (Å²) in [6.45, 7) is 3.54. The van der Waals surface area contributed by atoms with E-state index in [-0.39, 0.29) is 17.8 Å². The smallest absolute Gasteiger partial charge is 0.308 e. The molecule has 7 heteroatoms. The monoisotopic (exact) mass is 385 g/mol. The van der Waals surface area contributed by atoms with Gasteiger partial charge in [-0.2, -0.15) is 0 Å². The maximum atomic E-state index is 13.0. The number of carbonyl (C=O) groups is 3. The summed E-state index contributed by atoms with van der Waals surface area (Å²) in [5.74, 6) is 0.0240. The molecule has 5 rings (SSSR count). The summed E-state index contributed by atoms with van der Waals surface area (Å²) in [4.78, 5) is 39.0. The van der Waals surface area contributed by atoms with Crippen molar-refractivity contribution < 1.29 is 28.6 Å². The van der Waals surface area contributed by atoms with Crippen molar-refractivity contribution in [1.82, 2.24) is 4.90 Å². The summed E-state index contributed by atoms with van der Waals surface area (Å²) in [7, 11) is 2.04. The van der Waals surface area contributed by atoms with Crippen molar-refractivity contribution in [3.8, 4) is 11.5 Å². The molecule has 148 valence electrons. The summed E-state index contributed by atoms with van der Waals surface area (Å²) in [5, 5.41) is 0. The molecule has 2 heterocycles. The minimum atomic E-state index is -0.822.